The number of hydrogen-bond acceptors (Lipinski definition) is 7. The topological polar surface area (TPSA) is 72.7 Å². The third-order valence-electron chi connectivity index (χ3n) is 5.62. The Hall–Kier alpha value is -3.20. The van der Waals surface area contributed by atoms with Gasteiger partial charge in [0.05, 0.1) is 12.9 Å². The molecule has 0 atom stereocenters. The molecule has 0 aliphatic carbocycles. The van der Waals surface area contributed by atoms with Gasteiger partial charge < -0.3 is 23.8 Å². The van der Waals surface area contributed by atoms with Gasteiger partial charge in [-0.2, -0.15) is 0 Å². The molecule has 1 fully saturated rings. The molecule has 0 unspecified atom stereocenters. The van der Waals surface area contributed by atoms with Crippen LogP contribution in [0, 0.1) is 0 Å². The first kappa shape index (κ1) is 23.0. The van der Waals surface area contributed by atoms with Crippen molar-refractivity contribution in [2.75, 3.05) is 43.9 Å². The number of para-hydroxylation sites is 1. The average molecular weight is 468 g/mol. The van der Waals surface area contributed by atoms with Crippen LogP contribution in [0.5, 0.6) is 11.5 Å². The number of nitrogens with zero attached hydrogens (tertiary/aromatic N) is 5. The van der Waals surface area contributed by atoms with Gasteiger partial charge in [-0.25, -0.2) is 0 Å². The molecule has 4 rings (SSSR count). The minimum atomic E-state index is 0.134. The summed E-state index contributed by atoms with van der Waals surface area (Å²) in [6.07, 6.45) is 0. The van der Waals surface area contributed by atoms with E-state index in [1.807, 2.05) is 58.9 Å². The second-order valence-corrected chi connectivity index (χ2v) is 8.54. The Balaban J connectivity index is 1.27. The molecule has 2 aromatic carbocycles. The first-order chi connectivity index (χ1) is 16.2. The van der Waals surface area contributed by atoms with Gasteiger partial charge in [0.2, 0.25) is 5.91 Å². The van der Waals surface area contributed by atoms with E-state index in [2.05, 4.69) is 27.2 Å². The molecular weight excluding hydrogens is 438 g/mol. The van der Waals surface area contributed by atoms with Crippen molar-refractivity contribution in [1.82, 2.24) is 19.7 Å². The van der Waals surface area contributed by atoms with Gasteiger partial charge in [-0.1, -0.05) is 30.0 Å². The normalized spacial score (nSPS) is 13.8. The second-order valence-electron chi connectivity index (χ2n) is 7.60. The molecule has 0 spiro atoms. The molecule has 1 amide bonds. The maximum Gasteiger partial charge on any atom is 0.233 e. The van der Waals surface area contributed by atoms with Gasteiger partial charge in [0, 0.05) is 38.4 Å². The molecule has 0 radical (unpaired) electrons. The van der Waals surface area contributed by atoms with Crippen LogP contribution < -0.4 is 14.4 Å². The van der Waals surface area contributed by atoms with Crippen molar-refractivity contribution in [1.29, 1.82) is 0 Å². The number of anilines is 1. The molecule has 2 heterocycles. The van der Waals surface area contributed by atoms with E-state index in [-0.39, 0.29) is 5.91 Å². The molecule has 1 saturated heterocycles. The number of ether oxygens (including phenoxy) is 2. The van der Waals surface area contributed by atoms with Gasteiger partial charge in [0.1, 0.15) is 18.1 Å². The molecule has 8 nitrogen and oxygen atoms in total. The second kappa shape index (κ2) is 11.1. The summed E-state index contributed by atoms with van der Waals surface area (Å²) in [5.74, 6) is 2.74. The fourth-order valence-electron chi connectivity index (χ4n) is 3.74. The van der Waals surface area contributed by atoms with E-state index in [4.69, 9.17) is 9.47 Å². The SMILES string of the molecule is CCn1c(COc2ccc(OC)cc2)nnc1SCC(=O)N1CCN(c2ccccc2)CC1. The Morgan fingerprint density at radius 1 is 0.970 bits per heavy atom. The van der Waals surface area contributed by atoms with Crippen LogP contribution in [0.2, 0.25) is 0 Å². The van der Waals surface area contributed by atoms with Crippen LogP contribution in [0.4, 0.5) is 5.69 Å². The van der Waals surface area contributed by atoms with Crippen molar-refractivity contribution < 1.29 is 14.3 Å². The van der Waals surface area contributed by atoms with Crippen LogP contribution in [0.3, 0.4) is 0 Å². The summed E-state index contributed by atoms with van der Waals surface area (Å²) in [6, 6.07) is 17.8. The van der Waals surface area contributed by atoms with Crippen LogP contribution in [0.25, 0.3) is 0 Å². The van der Waals surface area contributed by atoms with Crippen molar-refractivity contribution in [2.45, 2.75) is 25.2 Å². The lowest BCUT2D eigenvalue weighted by atomic mass is 10.2. The van der Waals surface area contributed by atoms with Crippen LogP contribution in [-0.2, 0) is 17.9 Å². The number of methoxy groups -OCH3 is 1. The Morgan fingerprint density at radius 2 is 1.67 bits per heavy atom. The smallest absolute Gasteiger partial charge is 0.233 e. The Bertz CT molecular complexity index is 1030. The number of amides is 1. The van der Waals surface area contributed by atoms with Crippen LogP contribution in [0.15, 0.2) is 59.8 Å². The predicted molar refractivity (Wildman–Crippen MR) is 129 cm³/mol. The number of benzene rings is 2. The lowest BCUT2D eigenvalue weighted by Gasteiger charge is -2.36. The first-order valence-electron chi connectivity index (χ1n) is 11.1. The van der Waals surface area contributed by atoms with E-state index in [1.54, 1.807) is 7.11 Å². The number of hydrogen-bond donors (Lipinski definition) is 0. The van der Waals surface area contributed by atoms with Gasteiger partial charge in [0.25, 0.3) is 0 Å². The summed E-state index contributed by atoms with van der Waals surface area (Å²) >= 11 is 1.43. The number of carbonyl (C=O) groups excluding carboxylic acids is 1. The minimum absolute atomic E-state index is 0.134. The van der Waals surface area contributed by atoms with Crippen LogP contribution in [-0.4, -0.2) is 64.6 Å². The third-order valence-corrected chi connectivity index (χ3v) is 6.57. The maximum absolute atomic E-state index is 12.8. The number of rotatable bonds is 9. The van der Waals surface area contributed by atoms with Crippen LogP contribution >= 0.6 is 11.8 Å². The third kappa shape index (κ3) is 5.78. The van der Waals surface area contributed by atoms with Crippen molar-refractivity contribution >= 4 is 23.4 Å². The Kier molecular flexibility index (Phi) is 7.72. The van der Waals surface area contributed by atoms with Crippen molar-refractivity contribution in [3.05, 3.63) is 60.4 Å². The van der Waals surface area contributed by atoms with E-state index in [0.29, 0.717) is 18.9 Å². The van der Waals surface area contributed by atoms with Crippen molar-refractivity contribution in [3.63, 3.8) is 0 Å². The van der Waals surface area contributed by atoms with E-state index in [9.17, 15) is 4.79 Å². The molecular formula is C24H29N5O3S. The highest BCUT2D eigenvalue weighted by molar-refractivity contribution is 7.99. The largest absolute Gasteiger partial charge is 0.497 e. The fourth-order valence-corrected chi connectivity index (χ4v) is 4.66. The van der Waals surface area contributed by atoms with E-state index >= 15 is 0 Å². The molecule has 1 aromatic heterocycles. The summed E-state index contributed by atoms with van der Waals surface area (Å²) < 4.78 is 13.0. The summed E-state index contributed by atoms with van der Waals surface area (Å²) in [6.45, 7) is 6.21. The number of carbonyl (C=O) groups is 1. The number of piperazine rings is 1. The number of thioether (sulfide) groups is 1. The molecule has 0 bridgehead atoms. The van der Waals surface area contributed by atoms with Crippen molar-refractivity contribution in [3.8, 4) is 11.5 Å². The molecule has 9 heteroatoms. The van der Waals surface area contributed by atoms with E-state index in [0.717, 1.165) is 48.7 Å². The molecule has 1 aliphatic rings. The highest BCUT2D eigenvalue weighted by Gasteiger charge is 2.22. The maximum atomic E-state index is 12.8. The Labute approximate surface area is 198 Å². The van der Waals surface area contributed by atoms with Gasteiger partial charge >= 0.3 is 0 Å². The molecule has 3 aromatic rings. The van der Waals surface area contributed by atoms with E-state index in [1.165, 1.54) is 17.4 Å². The highest BCUT2D eigenvalue weighted by atomic mass is 32.2. The minimum Gasteiger partial charge on any atom is -0.497 e. The molecule has 1 aliphatic heterocycles. The van der Waals surface area contributed by atoms with E-state index < -0.39 is 0 Å². The van der Waals surface area contributed by atoms with Gasteiger partial charge in [-0.3, -0.25) is 4.79 Å². The standard InChI is InChI=1S/C24H29N5O3S/c1-3-29-22(17-32-21-11-9-20(31-2)10-12-21)25-26-24(29)33-18-23(30)28-15-13-27(14-16-28)19-7-5-4-6-8-19/h4-12H,3,13-18H2,1-2H3. The lowest BCUT2D eigenvalue weighted by Crippen LogP contribution is -2.49. The van der Waals surface area contributed by atoms with Crippen molar-refractivity contribution in [2.24, 2.45) is 0 Å². The molecule has 0 saturated carbocycles. The highest BCUT2D eigenvalue weighted by Crippen LogP contribution is 2.22. The number of aromatic nitrogens is 3. The molecule has 33 heavy (non-hydrogen) atoms. The van der Waals surface area contributed by atoms with Gasteiger partial charge in [0.15, 0.2) is 11.0 Å². The Morgan fingerprint density at radius 3 is 2.33 bits per heavy atom. The zero-order chi connectivity index (χ0) is 23.0. The van der Waals surface area contributed by atoms with Gasteiger partial charge in [-0.05, 0) is 43.3 Å². The summed E-state index contributed by atoms with van der Waals surface area (Å²) in [7, 11) is 1.63. The average Bonchev–Trinajstić information content (AvgIpc) is 3.28. The zero-order valence-electron chi connectivity index (χ0n) is 19.0. The quantitative estimate of drug-likeness (QED) is 0.447. The lowest BCUT2D eigenvalue weighted by molar-refractivity contribution is -0.128. The molecule has 0 N–H and O–H groups in total. The fraction of sp³-hybridized carbons (Fsp3) is 0.375. The first-order valence-corrected chi connectivity index (χ1v) is 12.1. The zero-order valence-corrected chi connectivity index (χ0v) is 19.8. The summed E-state index contributed by atoms with van der Waals surface area (Å²) in [4.78, 5) is 17.0. The van der Waals surface area contributed by atoms with Crippen LogP contribution in [0.1, 0.15) is 12.7 Å². The predicted octanol–water partition coefficient (Wildman–Crippen LogP) is 3.33. The van der Waals surface area contributed by atoms with Gasteiger partial charge in [-0.15, -0.1) is 10.2 Å². The molecule has 174 valence electrons. The summed E-state index contributed by atoms with van der Waals surface area (Å²) in [5, 5.41) is 9.31. The summed E-state index contributed by atoms with van der Waals surface area (Å²) in [5.41, 5.74) is 1.21. The monoisotopic (exact) mass is 467 g/mol.